The molecule has 2 amide bonds. The van der Waals surface area contributed by atoms with Gasteiger partial charge in [0.25, 0.3) is 0 Å². The highest BCUT2D eigenvalue weighted by Gasteiger charge is 2.32. The number of hydrogen-bond acceptors (Lipinski definition) is 4. The van der Waals surface area contributed by atoms with Crippen LogP contribution in [0.1, 0.15) is 30.4 Å². The average Bonchev–Trinajstić information content (AvgIpc) is 2.86. The number of carbonyl (C=O) groups is 2. The smallest absolute Gasteiger partial charge is 0.236 e. The van der Waals surface area contributed by atoms with Gasteiger partial charge in [-0.1, -0.05) is 48.5 Å². The van der Waals surface area contributed by atoms with Crippen LogP contribution in [0.25, 0.3) is 0 Å². The summed E-state index contributed by atoms with van der Waals surface area (Å²) in [6, 6.07) is 18.4. The molecule has 6 heteroatoms. The Hall–Kier alpha value is -2.86. The lowest BCUT2D eigenvalue weighted by Gasteiger charge is -2.40. The molecule has 1 saturated heterocycles. The lowest BCUT2D eigenvalue weighted by atomic mass is 9.84. The van der Waals surface area contributed by atoms with Gasteiger partial charge >= 0.3 is 0 Å². The standard InChI is InChI=1S/C28H39N3O3/c1-29(2)21-28(33)30(3)25(20-22-10-6-5-7-11-22)23-16-18-31(19-17-23)27(32)15-14-24-12-8-9-13-26(24)34-4/h5-13,23,25H,14-21H2,1-4H3. The fourth-order valence-electron chi connectivity index (χ4n) is 4.89. The lowest BCUT2D eigenvalue weighted by molar-refractivity contribution is -0.136. The molecule has 1 fully saturated rings. The first kappa shape index (κ1) is 25.8. The van der Waals surface area contributed by atoms with Gasteiger partial charge in [0.15, 0.2) is 0 Å². The van der Waals surface area contributed by atoms with Crippen molar-refractivity contribution in [3.05, 3.63) is 65.7 Å². The van der Waals surface area contributed by atoms with Crippen molar-refractivity contribution in [3.8, 4) is 5.75 Å². The zero-order chi connectivity index (χ0) is 24.5. The zero-order valence-electron chi connectivity index (χ0n) is 21.1. The normalized spacial score (nSPS) is 15.3. The minimum Gasteiger partial charge on any atom is -0.496 e. The van der Waals surface area contributed by atoms with Crippen molar-refractivity contribution in [2.45, 2.75) is 38.1 Å². The molecule has 0 spiro atoms. The minimum atomic E-state index is 0.126. The molecule has 6 nitrogen and oxygen atoms in total. The zero-order valence-corrected chi connectivity index (χ0v) is 21.1. The average molecular weight is 466 g/mol. The number of benzene rings is 2. The maximum absolute atomic E-state index is 12.9. The number of amides is 2. The molecular weight excluding hydrogens is 426 g/mol. The Kier molecular flexibility index (Phi) is 9.52. The summed E-state index contributed by atoms with van der Waals surface area (Å²) in [7, 11) is 7.45. The van der Waals surface area contributed by atoms with Crippen LogP contribution in [0.15, 0.2) is 54.6 Å². The van der Waals surface area contributed by atoms with Crippen LogP contribution in [0, 0.1) is 5.92 Å². The third-order valence-electron chi connectivity index (χ3n) is 6.87. The maximum Gasteiger partial charge on any atom is 0.236 e. The first-order chi connectivity index (χ1) is 16.4. The Morgan fingerprint density at radius 3 is 2.29 bits per heavy atom. The molecule has 1 aliphatic rings. The molecule has 1 unspecified atom stereocenters. The summed E-state index contributed by atoms with van der Waals surface area (Å²) in [6.45, 7) is 1.90. The number of carbonyl (C=O) groups excluding carboxylic acids is 2. The predicted molar refractivity (Wildman–Crippen MR) is 136 cm³/mol. The molecule has 0 saturated carbocycles. The molecule has 34 heavy (non-hydrogen) atoms. The molecule has 3 rings (SSSR count). The highest BCUT2D eigenvalue weighted by Crippen LogP contribution is 2.27. The molecule has 1 atom stereocenters. The van der Waals surface area contributed by atoms with Gasteiger partial charge in [0.1, 0.15) is 5.75 Å². The summed E-state index contributed by atoms with van der Waals surface area (Å²) in [6.07, 6.45) is 3.83. The first-order valence-electron chi connectivity index (χ1n) is 12.2. The van der Waals surface area contributed by atoms with E-state index < -0.39 is 0 Å². The molecule has 0 aliphatic carbocycles. The summed E-state index contributed by atoms with van der Waals surface area (Å²) in [5, 5.41) is 0. The second-order valence-electron chi connectivity index (χ2n) is 9.53. The van der Waals surface area contributed by atoms with Crippen LogP contribution in [0.5, 0.6) is 5.75 Å². The number of para-hydroxylation sites is 1. The van der Waals surface area contributed by atoms with Crippen molar-refractivity contribution >= 4 is 11.8 Å². The molecule has 2 aromatic rings. The van der Waals surface area contributed by atoms with Crippen LogP contribution in [0.4, 0.5) is 0 Å². The van der Waals surface area contributed by atoms with Crippen LogP contribution < -0.4 is 4.74 Å². The molecule has 0 N–H and O–H groups in total. The third kappa shape index (κ3) is 7.07. The number of hydrogen-bond donors (Lipinski definition) is 0. The fourth-order valence-corrected chi connectivity index (χ4v) is 4.89. The Morgan fingerprint density at radius 2 is 1.65 bits per heavy atom. The molecule has 184 valence electrons. The summed E-state index contributed by atoms with van der Waals surface area (Å²) >= 11 is 0. The molecule has 1 heterocycles. The molecule has 1 aliphatic heterocycles. The number of likely N-dealkylation sites (N-methyl/N-ethyl adjacent to an activating group) is 2. The lowest BCUT2D eigenvalue weighted by Crippen LogP contribution is -2.50. The number of piperidine rings is 1. The fraction of sp³-hybridized carbons (Fsp3) is 0.500. The largest absolute Gasteiger partial charge is 0.496 e. The number of likely N-dealkylation sites (tertiary alicyclic amines) is 1. The van der Waals surface area contributed by atoms with Crippen molar-refractivity contribution in [1.29, 1.82) is 0 Å². The topological polar surface area (TPSA) is 53.1 Å². The Labute approximate surface area is 204 Å². The highest BCUT2D eigenvalue weighted by molar-refractivity contribution is 5.78. The van der Waals surface area contributed by atoms with Gasteiger partial charge in [0.2, 0.25) is 11.8 Å². The summed E-state index contributed by atoms with van der Waals surface area (Å²) < 4.78 is 5.42. The van der Waals surface area contributed by atoms with E-state index >= 15 is 0 Å². The quantitative estimate of drug-likeness (QED) is 0.539. The van der Waals surface area contributed by atoms with Crippen LogP contribution in [0.2, 0.25) is 0 Å². The number of nitrogens with zero attached hydrogens (tertiary/aromatic N) is 3. The number of methoxy groups -OCH3 is 1. The van der Waals surface area contributed by atoms with E-state index in [0.29, 0.717) is 25.3 Å². The number of aryl methyl sites for hydroxylation is 1. The maximum atomic E-state index is 12.9. The number of ether oxygens (including phenoxy) is 1. The van der Waals surface area contributed by atoms with Crippen LogP contribution in [0.3, 0.4) is 0 Å². The summed E-state index contributed by atoms with van der Waals surface area (Å²) in [5.41, 5.74) is 2.31. The van der Waals surface area contributed by atoms with E-state index in [1.807, 2.05) is 66.2 Å². The molecular formula is C28H39N3O3. The van der Waals surface area contributed by atoms with E-state index in [4.69, 9.17) is 4.74 Å². The van der Waals surface area contributed by atoms with Gasteiger partial charge in [-0.25, -0.2) is 0 Å². The number of rotatable bonds is 10. The molecule has 2 aromatic carbocycles. The van der Waals surface area contributed by atoms with Gasteiger partial charge in [-0.2, -0.15) is 0 Å². The molecule has 0 aromatic heterocycles. The van der Waals surface area contributed by atoms with Gasteiger partial charge in [-0.15, -0.1) is 0 Å². The monoisotopic (exact) mass is 465 g/mol. The van der Waals surface area contributed by atoms with Crippen LogP contribution in [-0.4, -0.2) is 80.4 Å². The first-order valence-corrected chi connectivity index (χ1v) is 12.2. The van der Waals surface area contributed by atoms with Gasteiger partial charge in [-0.05, 0) is 62.9 Å². The third-order valence-corrected chi connectivity index (χ3v) is 6.87. The van der Waals surface area contributed by atoms with Gasteiger partial charge in [0.05, 0.1) is 13.7 Å². The highest BCUT2D eigenvalue weighted by atomic mass is 16.5. The van der Waals surface area contributed by atoms with E-state index in [0.717, 1.165) is 43.7 Å². The summed E-state index contributed by atoms with van der Waals surface area (Å²) in [4.78, 5) is 31.7. The Bertz CT molecular complexity index is 924. The van der Waals surface area contributed by atoms with E-state index in [9.17, 15) is 9.59 Å². The second kappa shape index (κ2) is 12.6. The van der Waals surface area contributed by atoms with Gasteiger partial charge in [0, 0.05) is 32.6 Å². The molecule has 0 bridgehead atoms. The van der Waals surface area contributed by atoms with Gasteiger partial charge in [-0.3, -0.25) is 9.59 Å². The van der Waals surface area contributed by atoms with E-state index in [1.54, 1.807) is 7.11 Å². The van der Waals surface area contributed by atoms with Crippen molar-refractivity contribution in [1.82, 2.24) is 14.7 Å². The predicted octanol–water partition coefficient (Wildman–Crippen LogP) is 3.50. The van der Waals surface area contributed by atoms with E-state index in [2.05, 4.69) is 24.3 Å². The van der Waals surface area contributed by atoms with Crippen LogP contribution >= 0.6 is 0 Å². The van der Waals surface area contributed by atoms with E-state index in [-0.39, 0.29) is 17.9 Å². The van der Waals surface area contributed by atoms with E-state index in [1.165, 1.54) is 5.56 Å². The van der Waals surface area contributed by atoms with Crippen molar-refractivity contribution in [2.75, 3.05) is 47.9 Å². The minimum absolute atomic E-state index is 0.126. The van der Waals surface area contributed by atoms with Crippen molar-refractivity contribution in [2.24, 2.45) is 5.92 Å². The Morgan fingerprint density at radius 1 is 1.00 bits per heavy atom. The Balaban J connectivity index is 1.60. The second-order valence-corrected chi connectivity index (χ2v) is 9.53. The SMILES string of the molecule is COc1ccccc1CCC(=O)N1CCC(C(Cc2ccccc2)N(C)C(=O)CN(C)C)CC1. The van der Waals surface area contributed by atoms with Gasteiger partial charge < -0.3 is 19.4 Å². The summed E-state index contributed by atoms with van der Waals surface area (Å²) in [5.74, 6) is 1.54. The van der Waals surface area contributed by atoms with Crippen LogP contribution in [-0.2, 0) is 22.4 Å². The van der Waals surface area contributed by atoms with Crippen molar-refractivity contribution < 1.29 is 14.3 Å². The molecule has 0 radical (unpaired) electrons. The van der Waals surface area contributed by atoms with Crippen molar-refractivity contribution in [3.63, 3.8) is 0 Å².